The van der Waals surface area contributed by atoms with Crippen LogP contribution >= 0.6 is 0 Å². The highest BCUT2D eigenvalue weighted by molar-refractivity contribution is 7.88. The smallest absolute Gasteiger partial charge is 0.298 e. The molecule has 1 atom stereocenters. The van der Waals surface area contributed by atoms with E-state index in [9.17, 15) is 13.2 Å². The van der Waals surface area contributed by atoms with Crippen LogP contribution < -0.4 is 0 Å². The summed E-state index contributed by atoms with van der Waals surface area (Å²) in [5, 5.41) is 1.36. The van der Waals surface area contributed by atoms with E-state index in [1.807, 2.05) is 28.8 Å². The van der Waals surface area contributed by atoms with Gasteiger partial charge in [0.2, 0.25) is 10.0 Å². The van der Waals surface area contributed by atoms with Crippen LogP contribution in [0.2, 0.25) is 0 Å². The zero-order chi connectivity index (χ0) is 18.3. The molecule has 4 heterocycles. The Kier molecular flexibility index (Phi) is 4.45. The number of nitrogens with zero attached hydrogens (tertiary/aromatic N) is 4. The molecule has 0 bridgehead atoms. The van der Waals surface area contributed by atoms with Gasteiger partial charge in [0.15, 0.2) is 5.69 Å². The first kappa shape index (κ1) is 17.4. The van der Waals surface area contributed by atoms with E-state index in [0.29, 0.717) is 31.9 Å². The van der Waals surface area contributed by atoms with Crippen LogP contribution in [-0.4, -0.2) is 65.6 Å². The maximum atomic E-state index is 12.8. The summed E-state index contributed by atoms with van der Waals surface area (Å²) in [6.45, 7) is 2.02. The number of piperidine rings is 1. The molecule has 1 amide bonds. The molecule has 0 spiro atoms. The minimum Gasteiger partial charge on any atom is -0.303 e. The van der Waals surface area contributed by atoms with Crippen LogP contribution in [-0.2, 0) is 14.9 Å². The fraction of sp³-hybridized carbons (Fsp3) is 0.529. The number of hydrogen-bond donors (Lipinski definition) is 0. The molecule has 2 saturated heterocycles. The summed E-state index contributed by atoms with van der Waals surface area (Å²) in [5.41, 5.74) is 1.08. The molecule has 0 N–H and O–H groups in total. The van der Waals surface area contributed by atoms with Crippen molar-refractivity contribution in [3.8, 4) is 0 Å². The van der Waals surface area contributed by atoms with Gasteiger partial charge < -0.3 is 4.40 Å². The van der Waals surface area contributed by atoms with Gasteiger partial charge in [-0.15, -0.1) is 0 Å². The molecule has 4 rings (SSSR count). The van der Waals surface area contributed by atoms with Crippen LogP contribution in [0.15, 0.2) is 24.4 Å². The van der Waals surface area contributed by atoms with Crippen molar-refractivity contribution in [2.75, 3.05) is 32.5 Å². The van der Waals surface area contributed by atoms with Crippen LogP contribution in [0.25, 0.3) is 5.52 Å². The quantitative estimate of drug-likeness (QED) is 0.803. The van der Waals surface area contributed by atoms with Gasteiger partial charge in [0.1, 0.15) is 5.82 Å². The number of fused-ring (bicyclic) bond motifs is 1. The van der Waals surface area contributed by atoms with Crippen molar-refractivity contribution < 1.29 is 18.0 Å². The highest BCUT2D eigenvalue weighted by atomic mass is 32.2. The third-order valence-corrected chi connectivity index (χ3v) is 6.25. The average molecular weight is 378 g/mol. The fourth-order valence-electron chi connectivity index (χ4n) is 3.69. The average Bonchev–Trinajstić information content (AvgIpc) is 3.29. The molecule has 0 radical (unpaired) electrons. The number of rotatable bonds is 3. The predicted octanol–water partition coefficient (Wildman–Crippen LogP) is 1.25. The minimum atomic E-state index is -3.24. The second kappa shape index (κ2) is 6.64. The Bertz CT molecular complexity index is 933. The summed E-state index contributed by atoms with van der Waals surface area (Å²) < 4.78 is 27.3. The van der Waals surface area contributed by atoms with E-state index in [1.165, 1.54) is 15.6 Å². The number of pyridine rings is 1. The first-order chi connectivity index (χ1) is 12.4. The van der Waals surface area contributed by atoms with Gasteiger partial charge in [0.05, 0.1) is 24.9 Å². The first-order valence-electron chi connectivity index (χ1n) is 8.82. The predicted molar refractivity (Wildman–Crippen MR) is 95.2 cm³/mol. The van der Waals surface area contributed by atoms with Gasteiger partial charge in [-0.1, -0.05) is 6.07 Å². The van der Waals surface area contributed by atoms with Crippen molar-refractivity contribution in [1.82, 2.24) is 18.8 Å². The molecule has 9 heteroatoms. The molecule has 2 aromatic heterocycles. The summed E-state index contributed by atoms with van der Waals surface area (Å²) >= 11 is 0. The molecule has 2 aliphatic heterocycles. The van der Waals surface area contributed by atoms with E-state index >= 15 is 0 Å². The number of imidazole rings is 1. The largest absolute Gasteiger partial charge is 0.303 e. The van der Waals surface area contributed by atoms with Crippen LogP contribution in [0.5, 0.6) is 0 Å². The summed E-state index contributed by atoms with van der Waals surface area (Å²) in [7, 11) is -3.24. The minimum absolute atomic E-state index is 0.0468. The Balaban J connectivity index is 1.72. The van der Waals surface area contributed by atoms with Gasteiger partial charge in [-0.05, 0) is 31.4 Å². The van der Waals surface area contributed by atoms with Crippen LogP contribution in [0.1, 0.15) is 41.5 Å². The number of aromatic nitrogens is 2. The number of carbonyl (C=O) groups excluding carboxylic acids is 1. The Morgan fingerprint density at radius 3 is 2.85 bits per heavy atom. The Morgan fingerprint density at radius 1 is 1.27 bits per heavy atom. The highest BCUT2D eigenvalue weighted by Gasteiger charge is 2.32. The second-order valence-electron chi connectivity index (χ2n) is 6.83. The van der Waals surface area contributed by atoms with Gasteiger partial charge in [-0.25, -0.2) is 22.8 Å². The Morgan fingerprint density at radius 2 is 2.12 bits per heavy atom. The molecule has 1 unspecified atom stereocenters. The van der Waals surface area contributed by atoms with Crippen molar-refractivity contribution in [3.05, 3.63) is 35.9 Å². The van der Waals surface area contributed by atoms with Gasteiger partial charge in [0.25, 0.3) is 5.91 Å². The third-order valence-electron chi connectivity index (χ3n) is 4.98. The summed E-state index contributed by atoms with van der Waals surface area (Å²) in [4.78, 5) is 22.8. The lowest BCUT2D eigenvalue weighted by Crippen LogP contribution is -2.38. The number of sulfonamides is 1. The van der Waals surface area contributed by atoms with E-state index in [1.54, 1.807) is 0 Å². The van der Waals surface area contributed by atoms with Gasteiger partial charge >= 0.3 is 0 Å². The lowest BCUT2D eigenvalue weighted by molar-refractivity contribution is -0.0770. The highest BCUT2D eigenvalue weighted by Crippen LogP contribution is 2.29. The molecule has 8 nitrogen and oxygen atoms in total. The molecule has 2 fully saturated rings. The summed E-state index contributed by atoms with van der Waals surface area (Å²) in [6, 6.07) is 5.61. The van der Waals surface area contributed by atoms with Crippen molar-refractivity contribution >= 4 is 21.4 Å². The standard InChI is InChI=1S/C17H22N4O4S/c1-26(23,24)19-8-4-6-13(12-19)16-18-15(14-7-2-3-9-20(14)16)17(22)21-10-5-11-25-21/h2-3,7,9,13H,4-6,8,10-12H2,1H3. The van der Waals surface area contributed by atoms with Crippen molar-refractivity contribution in [2.45, 2.75) is 25.2 Å². The van der Waals surface area contributed by atoms with Crippen molar-refractivity contribution in [2.24, 2.45) is 0 Å². The SMILES string of the molecule is CS(=O)(=O)N1CCCC(c2nc(C(=O)N3CCCO3)c3ccccn23)C1. The normalized spacial score (nSPS) is 22.2. The molecule has 0 aliphatic carbocycles. The zero-order valence-corrected chi connectivity index (χ0v) is 15.5. The maximum Gasteiger partial charge on any atom is 0.298 e. The zero-order valence-electron chi connectivity index (χ0n) is 14.7. The Hall–Kier alpha value is -1.97. The number of hydroxylamine groups is 2. The molecule has 0 saturated carbocycles. The number of amides is 1. The third kappa shape index (κ3) is 3.10. The molecule has 2 aromatic rings. The number of carbonyl (C=O) groups is 1. The van der Waals surface area contributed by atoms with Gasteiger partial charge in [0, 0.05) is 25.2 Å². The topological polar surface area (TPSA) is 84.2 Å². The van der Waals surface area contributed by atoms with Gasteiger partial charge in [-0.2, -0.15) is 0 Å². The van der Waals surface area contributed by atoms with E-state index in [-0.39, 0.29) is 11.8 Å². The van der Waals surface area contributed by atoms with Crippen LogP contribution in [0, 0.1) is 0 Å². The van der Waals surface area contributed by atoms with Crippen LogP contribution in [0.3, 0.4) is 0 Å². The number of hydrogen-bond acceptors (Lipinski definition) is 5. The lowest BCUT2D eigenvalue weighted by atomic mass is 9.99. The van der Waals surface area contributed by atoms with Crippen molar-refractivity contribution in [3.63, 3.8) is 0 Å². The van der Waals surface area contributed by atoms with Gasteiger partial charge in [-0.3, -0.25) is 9.63 Å². The van der Waals surface area contributed by atoms with E-state index in [4.69, 9.17) is 4.84 Å². The molecule has 0 aromatic carbocycles. The molecule has 26 heavy (non-hydrogen) atoms. The maximum absolute atomic E-state index is 12.8. The van der Waals surface area contributed by atoms with Crippen LogP contribution in [0.4, 0.5) is 0 Å². The first-order valence-corrected chi connectivity index (χ1v) is 10.7. The summed E-state index contributed by atoms with van der Waals surface area (Å²) in [6.07, 6.45) is 5.54. The Labute approximate surface area is 152 Å². The fourth-order valence-corrected chi connectivity index (χ4v) is 4.60. The van der Waals surface area contributed by atoms with Crippen molar-refractivity contribution in [1.29, 1.82) is 0 Å². The molecule has 2 aliphatic rings. The van der Waals surface area contributed by atoms with E-state index in [0.717, 1.165) is 30.6 Å². The molecule has 140 valence electrons. The molecular weight excluding hydrogens is 356 g/mol. The van der Waals surface area contributed by atoms with E-state index in [2.05, 4.69) is 4.98 Å². The lowest BCUT2D eigenvalue weighted by Gasteiger charge is -2.30. The summed E-state index contributed by atoms with van der Waals surface area (Å²) in [5.74, 6) is 0.444. The molecular formula is C17H22N4O4S. The van der Waals surface area contributed by atoms with E-state index < -0.39 is 10.0 Å². The second-order valence-corrected chi connectivity index (χ2v) is 8.81. The monoisotopic (exact) mass is 378 g/mol.